The molecule has 1 aliphatic carbocycles. The quantitative estimate of drug-likeness (QED) is 0.382. The van der Waals surface area contributed by atoms with Gasteiger partial charge in [-0.15, -0.1) is 0 Å². The molecule has 34 heavy (non-hydrogen) atoms. The Balaban J connectivity index is 1.46. The van der Waals surface area contributed by atoms with Crippen LogP contribution < -0.4 is 11.5 Å². The standard InChI is InChI=1S/C28H28N6/c29-17-18-6-8-21(9-7-18)28-33-25(26-27(30)31-14-15-34(26)28)22-11-10-20-12-13-23(32-24(20)16-22)19-4-2-1-3-5-19/h1-5,10-16,18,21H,6-9,17,29H2,(H2,30,31)/t18-,21-. The Labute approximate surface area is 198 Å². The first-order valence-corrected chi connectivity index (χ1v) is 12.0. The van der Waals surface area contributed by atoms with Crippen molar-refractivity contribution < 1.29 is 0 Å². The molecule has 0 aliphatic heterocycles. The zero-order valence-corrected chi connectivity index (χ0v) is 19.1. The van der Waals surface area contributed by atoms with Crippen molar-refractivity contribution >= 4 is 22.2 Å². The van der Waals surface area contributed by atoms with Crippen LogP contribution in [-0.2, 0) is 0 Å². The maximum atomic E-state index is 6.39. The predicted molar refractivity (Wildman–Crippen MR) is 137 cm³/mol. The third kappa shape index (κ3) is 3.60. The fraction of sp³-hybridized carbons (Fsp3) is 0.250. The lowest BCUT2D eigenvalue weighted by Gasteiger charge is -2.26. The van der Waals surface area contributed by atoms with Crippen LogP contribution in [0.1, 0.15) is 37.4 Å². The summed E-state index contributed by atoms with van der Waals surface area (Å²) in [5.41, 5.74) is 18.1. The van der Waals surface area contributed by atoms with Gasteiger partial charge >= 0.3 is 0 Å². The number of rotatable bonds is 4. The van der Waals surface area contributed by atoms with Crippen molar-refractivity contribution in [1.82, 2.24) is 19.4 Å². The molecule has 0 unspecified atom stereocenters. The molecule has 0 spiro atoms. The van der Waals surface area contributed by atoms with Gasteiger partial charge in [0, 0.05) is 34.8 Å². The number of fused-ring (bicyclic) bond motifs is 2. The summed E-state index contributed by atoms with van der Waals surface area (Å²) >= 11 is 0. The first-order chi connectivity index (χ1) is 16.7. The van der Waals surface area contributed by atoms with Gasteiger partial charge in [0.1, 0.15) is 22.9 Å². The first kappa shape index (κ1) is 20.8. The van der Waals surface area contributed by atoms with E-state index in [1.165, 1.54) is 0 Å². The van der Waals surface area contributed by atoms with E-state index < -0.39 is 0 Å². The third-order valence-corrected chi connectivity index (χ3v) is 7.19. The number of nitrogens with zero attached hydrogens (tertiary/aromatic N) is 4. The van der Waals surface area contributed by atoms with E-state index in [-0.39, 0.29) is 0 Å². The topological polar surface area (TPSA) is 95.1 Å². The van der Waals surface area contributed by atoms with Crippen molar-refractivity contribution in [3.05, 3.63) is 78.9 Å². The summed E-state index contributed by atoms with van der Waals surface area (Å²) in [6.07, 6.45) is 8.24. The Morgan fingerprint density at radius 1 is 0.882 bits per heavy atom. The van der Waals surface area contributed by atoms with Crippen molar-refractivity contribution in [3.63, 3.8) is 0 Å². The van der Waals surface area contributed by atoms with E-state index in [0.717, 1.165) is 77.0 Å². The van der Waals surface area contributed by atoms with Crippen molar-refractivity contribution in [2.45, 2.75) is 31.6 Å². The number of nitrogen functional groups attached to an aromatic ring is 1. The molecule has 0 radical (unpaired) electrons. The molecular formula is C28H28N6. The number of nitrogens with two attached hydrogens (primary N) is 2. The molecule has 5 aromatic rings. The van der Waals surface area contributed by atoms with Crippen LogP contribution in [0.15, 0.2) is 73.1 Å². The maximum absolute atomic E-state index is 6.39. The fourth-order valence-electron chi connectivity index (χ4n) is 5.27. The van der Waals surface area contributed by atoms with E-state index in [9.17, 15) is 0 Å². The lowest BCUT2D eigenvalue weighted by Crippen LogP contribution is -2.21. The predicted octanol–water partition coefficient (Wildman–Crippen LogP) is 5.43. The molecule has 0 atom stereocenters. The molecule has 170 valence electrons. The number of pyridine rings is 1. The lowest BCUT2D eigenvalue weighted by molar-refractivity contribution is 0.325. The summed E-state index contributed by atoms with van der Waals surface area (Å²) < 4.78 is 2.14. The van der Waals surface area contributed by atoms with Gasteiger partial charge in [-0.1, -0.05) is 48.5 Å². The Bertz CT molecular complexity index is 1470. The first-order valence-electron chi connectivity index (χ1n) is 12.0. The van der Waals surface area contributed by atoms with Gasteiger partial charge in [-0.25, -0.2) is 15.0 Å². The molecule has 6 rings (SSSR count). The minimum Gasteiger partial charge on any atom is -0.382 e. The molecule has 1 saturated carbocycles. The Hall–Kier alpha value is -3.77. The highest BCUT2D eigenvalue weighted by Gasteiger charge is 2.27. The number of benzene rings is 2. The largest absolute Gasteiger partial charge is 0.382 e. The maximum Gasteiger partial charge on any atom is 0.150 e. The molecule has 1 fully saturated rings. The number of anilines is 1. The number of aromatic nitrogens is 4. The van der Waals surface area contributed by atoms with E-state index in [4.69, 9.17) is 21.4 Å². The van der Waals surface area contributed by atoms with E-state index in [0.29, 0.717) is 17.7 Å². The molecular weight excluding hydrogens is 420 g/mol. The van der Waals surface area contributed by atoms with Gasteiger partial charge in [-0.3, -0.25) is 4.40 Å². The van der Waals surface area contributed by atoms with Gasteiger partial charge in [0.2, 0.25) is 0 Å². The Kier molecular flexibility index (Phi) is 5.23. The van der Waals surface area contributed by atoms with E-state index in [1.807, 2.05) is 24.4 Å². The monoisotopic (exact) mass is 448 g/mol. The lowest BCUT2D eigenvalue weighted by atomic mass is 9.81. The summed E-state index contributed by atoms with van der Waals surface area (Å²) in [6, 6.07) is 20.8. The normalized spacial score (nSPS) is 18.5. The number of imidazole rings is 1. The van der Waals surface area contributed by atoms with Gasteiger partial charge < -0.3 is 11.5 Å². The molecule has 1 aliphatic rings. The van der Waals surface area contributed by atoms with E-state index >= 15 is 0 Å². The number of hydrogen-bond acceptors (Lipinski definition) is 5. The fourth-order valence-corrected chi connectivity index (χ4v) is 5.27. The minimum absolute atomic E-state index is 0.397. The van der Waals surface area contributed by atoms with Crippen LogP contribution in [-0.4, -0.2) is 25.9 Å². The second-order valence-corrected chi connectivity index (χ2v) is 9.27. The van der Waals surface area contributed by atoms with Crippen LogP contribution in [0.3, 0.4) is 0 Å². The van der Waals surface area contributed by atoms with Gasteiger partial charge in [0.15, 0.2) is 0 Å². The van der Waals surface area contributed by atoms with Crippen LogP contribution in [0.25, 0.3) is 38.9 Å². The summed E-state index contributed by atoms with van der Waals surface area (Å²) in [6.45, 7) is 0.770. The zero-order valence-electron chi connectivity index (χ0n) is 19.1. The molecule has 0 bridgehead atoms. The van der Waals surface area contributed by atoms with Crippen molar-refractivity contribution in [2.24, 2.45) is 11.7 Å². The van der Waals surface area contributed by atoms with E-state index in [1.54, 1.807) is 6.20 Å². The van der Waals surface area contributed by atoms with Crippen LogP contribution in [0.2, 0.25) is 0 Å². The highest BCUT2D eigenvalue weighted by molar-refractivity contribution is 5.91. The van der Waals surface area contributed by atoms with Crippen molar-refractivity contribution in [3.8, 4) is 22.5 Å². The molecule has 0 amide bonds. The Morgan fingerprint density at radius 2 is 1.68 bits per heavy atom. The van der Waals surface area contributed by atoms with Crippen LogP contribution in [0, 0.1) is 5.92 Å². The number of hydrogen-bond donors (Lipinski definition) is 2. The van der Waals surface area contributed by atoms with Crippen molar-refractivity contribution in [2.75, 3.05) is 12.3 Å². The van der Waals surface area contributed by atoms with Crippen molar-refractivity contribution in [1.29, 1.82) is 0 Å². The zero-order chi connectivity index (χ0) is 23.1. The summed E-state index contributed by atoms with van der Waals surface area (Å²) in [7, 11) is 0. The summed E-state index contributed by atoms with van der Waals surface area (Å²) in [4.78, 5) is 14.5. The molecule has 6 nitrogen and oxygen atoms in total. The van der Waals surface area contributed by atoms with Gasteiger partial charge in [-0.2, -0.15) is 0 Å². The third-order valence-electron chi connectivity index (χ3n) is 7.19. The molecule has 3 heterocycles. The second kappa shape index (κ2) is 8.54. The molecule has 6 heteroatoms. The smallest absolute Gasteiger partial charge is 0.150 e. The van der Waals surface area contributed by atoms with Gasteiger partial charge in [0.05, 0.1) is 11.2 Å². The summed E-state index contributed by atoms with van der Waals surface area (Å²) in [5, 5.41) is 1.10. The van der Waals surface area contributed by atoms with Crippen LogP contribution in [0.5, 0.6) is 0 Å². The SMILES string of the molecule is NC[C@H]1CC[C@H](c2nc(-c3ccc4ccc(-c5ccccc5)nc4c3)c3c(N)nccn32)CC1. The average Bonchev–Trinajstić information content (AvgIpc) is 3.30. The van der Waals surface area contributed by atoms with Gasteiger partial charge in [0.25, 0.3) is 0 Å². The van der Waals surface area contributed by atoms with E-state index in [2.05, 4.69) is 51.8 Å². The van der Waals surface area contributed by atoms with Crippen LogP contribution in [0.4, 0.5) is 5.82 Å². The highest BCUT2D eigenvalue weighted by Crippen LogP contribution is 2.38. The minimum atomic E-state index is 0.397. The molecule has 2 aromatic carbocycles. The van der Waals surface area contributed by atoms with Gasteiger partial charge in [-0.05, 0) is 50.3 Å². The second-order valence-electron chi connectivity index (χ2n) is 9.27. The molecule has 4 N–H and O–H groups in total. The molecule has 3 aromatic heterocycles. The molecule has 0 saturated heterocycles. The Morgan fingerprint density at radius 3 is 2.47 bits per heavy atom. The van der Waals surface area contributed by atoms with Crippen LogP contribution >= 0.6 is 0 Å². The highest BCUT2D eigenvalue weighted by atomic mass is 15.1. The summed E-state index contributed by atoms with van der Waals surface area (Å²) in [5.74, 6) is 2.59. The average molecular weight is 449 g/mol.